The number of aliphatic hydroxyl groups is 2. The van der Waals surface area contributed by atoms with Gasteiger partial charge in [0.15, 0.2) is 0 Å². The SMILES string of the molecule is CC[C@H]1[C@@H](O)[C@@H]2[C@H](CC[C@]3(C)[C@@H](CCCNC(=O)NS(=O)(=O)c4ccccc4Cl)CC[C@@H]23)[C@@]2(C)CC[C@@H](O)C[C@@H]12. The highest BCUT2D eigenvalue weighted by Crippen LogP contribution is 2.69. The molecule has 224 valence electrons. The fourth-order valence-corrected chi connectivity index (χ4v) is 11.4. The molecule has 0 aromatic heterocycles. The van der Waals surface area contributed by atoms with E-state index in [9.17, 15) is 23.4 Å². The Morgan fingerprint density at radius 1 is 1.02 bits per heavy atom. The molecule has 4 saturated carbocycles. The Bertz CT molecular complexity index is 1200. The summed E-state index contributed by atoms with van der Waals surface area (Å²) in [5.41, 5.74) is 0.373. The zero-order valence-corrected chi connectivity index (χ0v) is 25.7. The average molecular weight is 595 g/mol. The van der Waals surface area contributed by atoms with Crippen LogP contribution in [0.3, 0.4) is 0 Å². The fourth-order valence-electron chi connectivity index (χ4n) is 9.97. The molecule has 9 heteroatoms. The molecule has 7 nitrogen and oxygen atoms in total. The highest BCUT2D eigenvalue weighted by Gasteiger charge is 2.64. The van der Waals surface area contributed by atoms with Crippen LogP contribution in [0, 0.1) is 46.3 Å². The van der Waals surface area contributed by atoms with Crippen LogP contribution in [-0.2, 0) is 10.0 Å². The van der Waals surface area contributed by atoms with Gasteiger partial charge in [-0.15, -0.1) is 0 Å². The number of aliphatic hydroxyl groups excluding tert-OH is 2. The molecule has 0 saturated heterocycles. The van der Waals surface area contributed by atoms with E-state index in [0.29, 0.717) is 36.1 Å². The molecule has 1 aromatic carbocycles. The van der Waals surface area contributed by atoms with Crippen LogP contribution in [0.4, 0.5) is 4.79 Å². The summed E-state index contributed by atoms with van der Waals surface area (Å²) in [4.78, 5) is 12.2. The molecule has 0 radical (unpaired) electrons. The largest absolute Gasteiger partial charge is 0.393 e. The van der Waals surface area contributed by atoms with Crippen molar-refractivity contribution in [2.75, 3.05) is 6.54 Å². The van der Waals surface area contributed by atoms with Gasteiger partial charge in [-0.2, -0.15) is 0 Å². The summed E-state index contributed by atoms with van der Waals surface area (Å²) < 4.78 is 27.1. The number of hydrogen-bond donors (Lipinski definition) is 4. The Hall–Kier alpha value is -1.35. The number of hydrogen-bond acceptors (Lipinski definition) is 5. The molecule has 2 amide bonds. The first kappa shape index (κ1) is 30.1. The van der Waals surface area contributed by atoms with Gasteiger partial charge < -0.3 is 15.5 Å². The summed E-state index contributed by atoms with van der Waals surface area (Å²) in [6.07, 6.45) is 9.56. The number of sulfonamides is 1. The maximum absolute atomic E-state index is 12.5. The Balaban J connectivity index is 1.19. The van der Waals surface area contributed by atoms with E-state index in [1.807, 2.05) is 0 Å². The third-order valence-corrected chi connectivity index (χ3v) is 13.8. The highest BCUT2D eigenvalue weighted by atomic mass is 35.5. The van der Waals surface area contributed by atoms with E-state index < -0.39 is 16.1 Å². The zero-order valence-electron chi connectivity index (χ0n) is 24.1. The predicted octanol–water partition coefficient (Wildman–Crippen LogP) is 5.73. The number of urea groups is 1. The Kier molecular flexibility index (Phi) is 8.57. The van der Waals surface area contributed by atoms with Crippen molar-refractivity contribution in [1.82, 2.24) is 10.0 Å². The van der Waals surface area contributed by atoms with Gasteiger partial charge in [0.2, 0.25) is 0 Å². The van der Waals surface area contributed by atoms with E-state index in [-0.39, 0.29) is 38.9 Å². The number of benzene rings is 1. The molecule has 4 N–H and O–H groups in total. The van der Waals surface area contributed by atoms with Crippen LogP contribution in [0.15, 0.2) is 29.2 Å². The number of halogens is 1. The summed E-state index contributed by atoms with van der Waals surface area (Å²) in [6.45, 7) is 7.51. The van der Waals surface area contributed by atoms with E-state index in [0.717, 1.165) is 57.8 Å². The molecule has 4 aliphatic rings. The molecule has 0 spiro atoms. The molecule has 4 fully saturated rings. The van der Waals surface area contributed by atoms with Crippen molar-refractivity contribution >= 4 is 27.7 Å². The molecular weight excluding hydrogens is 548 g/mol. The maximum Gasteiger partial charge on any atom is 0.328 e. The monoisotopic (exact) mass is 594 g/mol. The van der Waals surface area contributed by atoms with Crippen LogP contribution in [0.25, 0.3) is 0 Å². The zero-order chi connectivity index (χ0) is 28.9. The van der Waals surface area contributed by atoms with Gasteiger partial charge in [-0.05, 0) is 116 Å². The number of amides is 2. The number of carbonyl (C=O) groups excluding carboxylic acids is 1. The van der Waals surface area contributed by atoms with Gasteiger partial charge in [-0.25, -0.2) is 17.9 Å². The Morgan fingerprint density at radius 2 is 1.73 bits per heavy atom. The number of rotatable bonds is 7. The topological polar surface area (TPSA) is 116 Å². The lowest BCUT2D eigenvalue weighted by Gasteiger charge is -2.64. The van der Waals surface area contributed by atoms with E-state index in [2.05, 4.69) is 30.8 Å². The fraction of sp³-hybridized carbons (Fsp3) is 0.774. The van der Waals surface area contributed by atoms with Crippen molar-refractivity contribution < 1.29 is 23.4 Å². The lowest BCUT2D eigenvalue weighted by molar-refractivity contribution is -0.202. The van der Waals surface area contributed by atoms with Crippen LogP contribution in [-0.4, -0.2) is 43.4 Å². The first-order valence-electron chi connectivity index (χ1n) is 15.3. The van der Waals surface area contributed by atoms with Crippen molar-refractivity contribution in [3.8, 4) is 0 Å². The van der Waals surface area contributed by atoms with Crippen LogP contribution in [0.5, 0.6) is 0 Å². The molecule has 40 heavy (non-hydrogen) atoms. The molecule has 1 aromatic rings. The van der Waals surface area contributed by atoms with Crippen LogP contribution in [0.1, 0.15) is 85.0 Å². The first-order valence-corrected chi connectivity index (χ1v) is 17.2. The van der Waals surface area contributed by atoms with Crippen molar-refractivity contribution in [3.63, 3.8) is 0 Å². The van der Waals surface area contributed by atoms with E-state index >= 15 is 0 Å². The lowest BCUT2D eigenvalue weighted by atomic mass is 9.41. The Labute approximate surface area is 244 Å². The van der Waals surface area contributed by atoms with Gasteiger partial charge in [0, 0.05) is 6.54 Å². The second-order valence-corrected chi connectivity index (χ2v) is 15.7. The molecule has 5 rings (SSSR count). The third-order valence-electron chi connectivity index (χ3n) is 12.0. The molecule has 0 unspecified atom stereocenters. The quantitative estimate of drug-likeness (QED) is 0.301. The average Bonchev–Trinajstić information content (AvgIpc) is 3.24. The molecule has 10 atom stereocenters. The van der Waals surface area contributed by atoms with Gasteiger partial charge in [0.1, 0.15) is 4.90 Å². The van der Waals surface area contributed by atoms with Gasteiger partial charge in [0.05, 0.1) is 17.2 Å². The first-order chi connectivity index (χ1) is 18.9. The van der Waals surface area contributed by atoms with Crippen molar-refractivity contribution in [2.45, 2.75) is 102 Å². The molecule has 0 heterocycles. The molecule has 0 aliphatic heterocycles. The van der Waals surface area contributed by atoms with Crippen molar-refractivity contribution in [2.24, 2.45) is 46.3 Å². The number of carbonyl (C=O) groups is 1. The number of fused-ring (bicyclic) bond motifs is 5. The Morgan fingerprint density at radius 3 is 2.45 bits per heavy atom. The van der Waals surface area contributed by atoms with Crippen LogP contribution >= 0.6 is 11.6 Å². The standard InChI is InChI=1S/C31H47ClN2O5S/c1-4-21-24-18-20(35)13-15-31(24,3)23-14-16-30(2)19(11-12-22(30)27(23)28(21)36)8-7-17-33-29(37)34-40(38,39)26-10-6-5-9-25(26)32/h5-6,9-10,19-24,27-28,35-36H,4,7-8,11-18H2,1-3H3,(H2,33,34,37)/t19-,20+,21+,22-,23-,24-,27-,28+,30+,31+/m0/s1. The summed E-state index contributed by atoms with van der Waals surface area (Å²) in [5.74, 6) is 2.53. The third kappa shape index (κ3) is 5.20. The van der Waals surface area contributed by atoms with Gasteiger partial charge in [0.25, 0.3) is 10.0 Å². The highest BCUT2D eigenvalue weighted by molar-refractivity contribution is 7.90. The van der Waals surface area contributed by atoms with Crippen molar-refractivity contribution in [3.05, 3.63) is 29.3 Å². The summed E-state index contributed by atoms with van der Waals surface area (Å²) >= 11 is 6.00. The second-order valence-electron chi connectivity index (χ2n) is 13.6. The lowest BCUT2D eigenvalue weighted by Crippen LogP contribution is -2.62. The van der Waals surface area contributed by atoms with Gasteiger partial charge >= 0.3 is 6.03 Å². The molecule has 0 bridgehead atoms. The molecular formula is C31H47ClN2O5S. The van der Waals surface area contributed by atoms with Crippen molar-refractivity contribution in [1.29, 1.82) is 0 Å². The normalized spacial score (nSPS) is 41.0. The number of nitrogens with one attached hydrogen (secondary N) is 2. The minimum Gasteiger partial charge on any atom is -0.393 e. The van der Waals surface area contributed by atoms with E-state index in [4.69, 9.17) is 11.6 Å². The van der Waals surface area contributed by atoms with E-state index in [1.165, 1.54) is 18.6 Å². The molecule has 4 aliphatic carbocycles. The smallest absolute Gasteiger partial charge is 0.328 e. The van der Waals surface area contributed by atoms with Crippen LogP contribution < -0.4 is 10.0 Å². The minimum atomic E-state index is -4.04. The van der Waals surface area contributed by atoms with Gasteiger partial charge in [-0.1, -0.05) is 50.9 Å². The summed E-state index contributed by atoms with van der Waals surface area (Å²) in [5, 5.41) is 25.1. The van der Waals surface area contributed by atoms with Gasteiger partial charge in [-0.3, -0.25) is 0 Å². The second kappa shape index (κ2) is 11.4. The summed E-state index contributed by atoms with van der Waals surface area (Å²) in [7, 11) is -4.04. The predicted molar refractivity (Wildman–Crippen MR) is 156 cm³/mol. The summed E-state index contributed by atoms with van der Waals surface area (Å²) in [6, 6.07) is 5.30. The maximum atomic E-state index is 12.5. The van der Waals surface area contributed by atoms with Crippen LogP contribution in [0.2, 0.25) is 5.02 Å². The van der Waals surface area contributed by atoms with E-state index in [1.54, 1.807) is 12.1 Å². The minimum absolute atomic E-state index is 0.0699.